The first-order valence-electron chi connectivity index (χ1n) is 15.8. The highest BCUT2D eigenvalue weighted by molar-refractivity contribution is 5.71. The molecule has 0 radical (unpaired) electrons. The first-order chi connectivity index (χ1) is 16.7. The van der Waals surface area contributed by atoms with E-state index in [1.165, 1.54) is 148 Å². The van der Waals surface area contributed by atoms with Crippen LogP contribution >= 0.6 is 0 Å². The van der Waals surface area contributed by atoms with E-state index in [4.69, 9.17) is 4.74 Å². The molecule has 2 heteroatoms. The highest BCUT2D eigenvalue weighted by atomic mass is 16.5. The molecule has 0 heterocycles. The van der Waals surface area contributed by atoms with Crippen molar-refractivity contribution in [2.75, 3.05) is 6.61 Å². The van der Waals surface area contributed by atoms with Crippen LogP contribution in [-0.2, 0) is 9.53 Å². The Morgan fingerprint density at radius 2 is 0.824 bits per heavy atom. The molecule has 0 saturated heterocycles. The van der Waals surface area contributed by atoms with E-state index in [1.54, 1.807) is 0 Å². The van der Waals surface area contributed by atoms with Crippen LogP contribution in [0, 0.1) is 11.8 Å². The molecule has 0 aliphatic rings. The van der Waals surface area contributed by atoms with Gasteiger partial charge in [-0.05, 0) is 25.2 Å². The summed E-state index contributed by atoms with van der Waals surface area (Å²) in [5, 5.41) is 0. The maximum Gasteiger partial charge on any atom is 0.308 e. The fourth-order valence-electron chi connectivity index (χ4n) is 4.96. The summed E-state index contributed by atoms with van der Waals surface area (Å²) in [6.45, 7) is 9.56. The van der Waals surface area contributed by atoms with Gasteiger partial charge in [0.2, 0.25) is 0 Å². The molecule has 204 valence electrons. The van der Waals surface area contributed by atoms with Crippen LogP contribution in [0.15, 0.2) is 0 Å². The molecular formula is C32H64O2. The van der Waals surface area contributed by atoms with Gasteiger partial charge < -0.3 is 4.74 Å². The second kappa shape index (κ2) is 27.1. The molecule has 2 atom stereocenters. The van der Waals surface area contributed by atoms with Gasteiger partial charge in [-0.15, -0.1) is 0 Å². The molecule has 0 aliphatic heterocycles. The number of esters is 1. The average Bonchev–Trinajstić information content (AvgIpc) is 2.84. The molecule has 0 aromatic heterocycles. The Kier molecular flexibility index (Phi) is 26.6. The Labute approximate surface area is 215 Å². The molecule has 2 nitrogen and oxygen atoms in total. The third-order valence-corrected chi connectivity index (χ3v) is 7.54. The SMILES string of the molecule is CCCCCCCCCCCCC(C)C(=O)OCC(CCCCCC)CCCCCCCCC. The lowest BCUT2D eigenvalue weighted by atomic mass is 9.95. The summed E-state index contributed by atoms with van der Waals surface area (Å²) in [7, 11) is 0. The Hall–Kier alpha value is -0.530. The predicted octanol–water partition coefficient (Wildman–Crippen LogP) is 11.2. The van der Waals surface area contributed by atoms with Crippen molar-refractivity contribution in [1.29, 1.82) is 0 Å². The van der Waals surface area contributed by atoms with E-state index in [1.807, 2.05) is 0 Å². The topological polar surface area (TPSA) is 26.3 Å². The lowest BCUT2D eigenvalue weighted by Crippen LogP contribution is -2.20. The number of rotatable bonds is 27. The Balaban J connectivity index is 3.96. The standard InChI is InChI=1S/C32H64O2/c1-5-8-11-14-16-17-18-20-21-23-26-30(4)32(33)34-29-31(27-24-13-10-7-3)28-25-22-19-15-12-9-6-2/h30-31H,5-29H2,1-4H3. The van der Waals surface area contributed by atoms with E-state index in [0.29, 0.717) is 12.5 Å². The van der Waals surface area contributed by atoms with Gasteiger partial charge in [-0.2, -0.15) is 0 Å². The van der Waals surface area contributed by atoms with E-state index in [0.717, 1.165) is 6.42 Å². The molecule has 0 fully saturated rings. The quantitative estimate of drug-likeness (QED) is 0.0862. The van der Waals surface area contributed by atoms with Crippen LogP contribution in [0.3, 0.4) is 0 Å². The molecule has 0 aromatic carbocycles. The highest BCUT2D eigenvalue weighted by Crippen LogP contribution is 2.21. The number of unbranched alkanes of at least 4 members (excludes halogenated alkanes) is 18. The minimum atomic E-state index is 0.0500. The van der Waals surface area contributed by atoms with E-state index < -0.39 is 0 Å². The van der Waals surface area contributed by atoms with Gasteiger partial charge in [0.1, 0.15) is 0 Å². The smallest absolute Gasteiger partial charge is 0.308 e. The van der Waals surface area contributed by atoms with Gasteiger partial charge in [0.15, 0.2) is 0 Å². The van der Waals surface area contributed by atoms with Gasteiger partial charge in [-0.1, -0.05) is 163 Å². The monoisotopic (exact) mass is 480 g/mol. The van der Waals surface area contributed by atoms with Crippen molar-refractivity contribution in [2.24, 2.45) is 11.8 Å². The van der Waals surface area contributed by atoms with Crippen molar-refractivity contribution in [1.82, 2.24) is 0 Å². The third-order valence-electron chi connectivity index (χ3n) is 7.54. The van der Waals surface area contributed by atoms with Crippen LogP contribution in [0.2, 0.25) is 0 Å². The van der Waals surface area contributed by atoms with Crippen LogP contribution in [0.5, 0.6) is 0 Å². The molecule has 0 amide bonds. The zero-order valence-corrected chi connectivity index (χ0v) is 24.1. The summed E-state index contributed by atoms with van der Waals surface area (Å²) in [4.78, 5) is 12.6. The van der Waals surface area contributed by atoms with Gasteiger partial charge in [0.25, 0.3) is 0 Å². The molecule has 0 spiro atoms. The van der Waals surface area contributed by atoms with Crippen LogP contribution in [0.25, 0.3) is 0 Å². The van der Waals surface area contributed by atoms with E-state index in [2.05, 4.69) is 27.7 Å². The van der Waals surface area contributed by atoms with E-state index >= 15 is 0 Å². The lowest BCUT2D eigenvalue weighted by Gasteiger charge is -2.19. The van der Waals surface area contributed by atoms with Crippen molar-refractivity contribution < 1.29 is 9.53 Å². The number of ether oxygens (including phenoxy) is 1. The van der Waals surface area contributed by atoms with Crippen molar-refractivity contribution in [3.05, 3.63) is 0 Å². The molecule has 0 aliphatic carbocycles. The summed E-state index contributed by atoms with van der Waals surface area (Å²) >= 11 is 0. The maximum atomic E-state index is 12.6. The Morgan fingerprint density at radius 3 is 1.24 bits per heavy atom. The van der Waals surface area contributed by atoms with E-state index in [9.17, 15) is 4.79 Å². The molecule has 0 rings (SSSR count). The zero-order valence-electron chi connectivity index (χ0n) is 24.1. The maximum absolute atomic E-state index is 12.6. The fourth-order valence-corrected chi connectivity index (χ4v) is 4.96. The molecule has 0 N–H and O–H groups in total. The van der Waals surface area contributed by atoms with Crippen LogP contribution in [0.4, 0.5) is 0 Å². The minimum Gasteiger partial charge on any atom is -0.465 e. The normalized spacial score (nSPS) is 13.2. The number of hydrogen-bond donors (Lipinski definition) is 0. The zero-order chi connectivity index (χ0) is 25.1. The molecule has 0 bridgehead atoms. The van der Waals surface area contributed by atoms with Crippen LogP contribution in [-0.4, -0.2) is 12.6 Å². The number of carbonyl (C=O) groups excluding carboxylic acids is 1. The predicted molar refractivity (Wildman–Crippen MR) is 151 cm³/mol. The molecule has 0 aromatic rings. The summed E-state index contributed by atoms with van der Waals surface area (Å²) in [6.07, 6.45) is 31.7. The minimum absolute atomic E-state index is 0.0500. The summed E-state index contributed by atoms with van der Waals surface area (Å²) in [5.41, 5.74) is 0. The van der Waals surface area contributed by atoms with Gasteiger partial charge in [0.05, 0.1) is 12.5 Å². The van der Waals surface area contributed by atoms with Crippen molar-refractivity contribution in [3.8, 4) is 0 Å². The van der Waals surface area contributed by atoms with Gasteiger partial charge in [-0.25, -0.2) is 0 Å². The second-order valence-electron chi connectivity index (χ2n) is 11.1. The molecule has 2 unspecified atom stereocenters. The number of hydrogen-bond acceptors (Lipinski definition) is 2. The summed E-state index contributed by atoms with van der Waals surface area (Å²) < 4.78 is 5.84. The van der Waals surface area contributed by atoms with Crippen molar-refractivity contribution in [2.45, 2.75) is 182 Å². The Morgan fingerprint density at radius 1 is 0.500 bits per heavy atom. The second-order valence-corrected chi connectivity index (χ2v) is 11.1. The summed E-state index contributed by atoms with van der Waals surface area (Å²) in [6, 6.07) is 0. The largest absolute Gasteiger partial charge is 0.465 e. The highest BCUT2D eigenvalue weighted by Gasteiger charge is 2.17. The van der Waals surface area contributed by atoms with Gasteiger partial charge >= 0.3 is 5.97 Å². The number of carbonyl (C=O) groups is 1. The fraction of sp³-hybridized carbons (Fsp3) is 0.969. The third kappa shape index (κ3) is 23.2. The van der Waals surface area contributed by atoms with Crippen LogP contribution < -0.4 is 0 Å². The van der Waals surface area contributed by atoms with Crippen molar-refractivity contribution >= 4 is 5.97 Å². The molecule has 34 heavy (non-hydrogen) atoms. The first kappa shape index (κ1) is 33.5. The summed E-state index contributed by atoms with van der Waals surface area (Å²) in [5.74, 6) is 0.684. The van der Waals surface area contributed by atoms with E-state index in [-0.39, 0.29) is 11.9 Å². The molecular weight excluding hydrogens is 416 g/mol. The van der Waals surface area contributed by atoms with Crippen LogP contribution in [0.1, 0.15) is 182 Å². The van der Waals surface area contributed by atoms with Crippen molar-refractivity contribution in [3.63, 3.8) is 0 Å². The van der Waals surface area contributed by atoms with Gasteiger partial charge in [-0.3, -0.25) is 4.79 Å². The average molecular weight is 481 g/mol. The lowest BCUT2D eigenvalue weighted by molar-refractivity contribution is -0.149. The molecule has 0 saturated carbocycles. The first-order valence-corrected chi connectivity index (χ1v) is 15.8. The Bertz CT molecular complexity index is 406. The van der Waals surface area contributed by atoms with Gasteiger partial charge in [0, 0.05) is 0 Å².